The molecule has 0 saturated carbocycles. The van der Waals surface area contributed by atoms with E-state index in [-0.39, 0.29) is 29.1 Å². The standard InChI is InChI=1S/C30H41N3O4/c1-8-19(3)27-21(11-10-12-25(27)37-18-20-14-31-15-20)28-23-13-24(34)22(29(35)36-9-2)16-33(23)26(17-32(28)7)30(4,5)6/h10-13,16,20,26,31H,8-9,14-15,17-18H2,1-7H3/b27-19+,28-21-. The third kappa shape index (κ3) is 5.33. The Kier molecular flexibility index (Phi) is 7.83. The van der Waals surface area contributed by atoms with Gasteiger partial charge in [-0.2, -0.15) is 0 Å². The van der Waals surface area contributed by atoms with Crippen molar-refractivity contribution in [2.45, 2.75) is 54.0 Å². The summed E-state index contributed by atoms with van der Waals surface area (Å²) in [6, 6.07) is 7.85. The minimum absolute atomic E-state index is 0.0512. The Bertz CT molecular complexity index is 1350. The van der Waals surface area contributed by atoms with Crippen LogP contribution >= 0.6 is 0 Å². The van der Waals surface area contributed by atoms with E-state index < -0.39 is 5.97 Å². The number of nitrogens with one attached hydrogen (secondary N) is 1. The van der Waals surface area contributed by atoms with Gasteiger partial charge < -0.3 is 24.3 Å². The highest BCUT2D eigenvalue weighted by Crippen LogP contribution is 2.37. The summed E-state index contributed by atoms with van der Waals surface area (Å²) < 4.78 is 13.7. The van der Waals surface area contributed by atoms with Crippen molar-refractivity contribution in [3.05, 3.63) is 62.4 Å². The second-order valence-corrected chi connectivity index (χ2v) is 11.3. The van der Waals surface area contributed by atoms with Crippen molar-refractivity contribution in [2.24, 2.45) is 11.3 Å². The van der Waals surface area contributed by atoms with Crippen LogP contribution in [0.3, 0.4) is 0 Å². The van der Waals surface area contributed by atoms with Crippen LogP contribution in [0.2, 0.25) is 0 Å². The molecule has 37 heavy (non-hydrogen) atoms. The monoisotopic (exact) mass is 507 g/mol. The van der Waals surface area contributed by atoms with Crippen molar-refractivity contribution >= 4 is 17.2 Å². The molecule has 1 saturated heterocycles. The van der Waals surface area contributed by atoms with Crippen molar-refractivity contribution in [3.8, 4) is 5.75 Å². The number of aromatic nitrogens is 1. The number of pyridine rings is 1. The first-order valence-electron chi connectivity index (χ1n) is 13.4. The van der Waals surface area contributed by atoms with E-state index in [9.17, 15) is 9.59 Å². The molecule has 2 aliphatic rings. The van der Waals surface area contributed by atoms with Gasteiger partial charge in [0.05, 0.1) is 30.6 Å². The molecule has 1 atom stereocenters. The lowest BCUT2D eigenvalue weighted by Gasteiger charge is -2.43. The van der Waals surface area contributed by atoms with Crippen LogP contribution in [0.15, 0.2) is 35.3 Å². The number of hydrogen-bond donors (Lipinski definition) is 1. The number of fused-ring (bicyclic) bond motifs is 1. The maximum absolute atomic E-state index is 13.2. The second kappa shape index (κ2) is 10.7. The lowest BCUT2D eigenvalue weighted by Crippen LogP contribution is -2.47. The molecule has 2 aromatic rings. The van der Waals surface area contributed by atoms with Gasteiger partial charge in [-0.15, -0.1) is 0 Å². The maximum atomic E-state index is 13.2. The molecule has 7 nitrogen and oxygen atoms in total. The first-order chi connectivity index (χ1) is 17.6. The van der Waals surface area contributed by atoms with Crippen LogP contribution in [-0.4, -0.2) is 55.3 Å². The number of carbonyl (C=O) groups is 1. The molecule has 7 heteroatoms. The van der Waals surface area contributed by atoms with Gasteiger partial charge in [-0.3, -0.25) is 4.79 Å². The van der Waals surface area contributed by atoms with Crippen LogP contribution in [-0.2, 0) is 4.74 Å². The normalized spacial score (nSPS) is 20.2. The molecule has 0 bridgehead atoms. The van der Waals surface area contributed by atoms with Gasteiger partial charge in [0, 0.05) is 55.3 Å². The van der Waals surface area contributed by atoms with Crippen LogP contribution in [0.5, 0.6) is 5.75 Å². The highest BCUT2D eigenvalue weighted by atomic mass is 16.5. The summed E-state index contributed by atoms with van der Waals surface area (Å²) in [5.41, 5.74) is 2.64. The van der Waals surface area contributed by atoms with E-state index in [0.29, 0.717) is 12.5 Å². The molecular formula is C30H41N3O4. The van der Waals surface area contributed by atoms with Gasteiger partial charge in [0.1, 0.15) is 11.3 Å². The molecule has 3 heterocycles. The molecule has 0 radical (unpaired) electrons. The van der Waals surface area contributed by atoms with Crippen LogP contribution in [0.25, 0.3) is 11.3 Å². The van der Waals surface area contributed by atoms with Crippen molar-refractivity contribution in [1.29, 1.82) is 0 Å². The largest absolute Gasteiger partial charge is 0.493 e. The predicted octanol–water partition coefficient (Wildman–Crippen LogP) is 2.89. The molecule has 1 fully saturated rings. The van der Waals surface area contributed by atoms with Gasteiger partial charge in [0.15, 0.2) is 5.43 Å². The van der Waals surface area contributed by atoms with Crippen molar-refractivity contribution < 1.29 is 14.3 Å². The number of likely N-dealkylation sites (N-methyl/N-ethyl adjacent to an activating group) is 1. The summed E-state index contributed by atoms with van der Waals surface area (Å²) in [5.74, 6) is 0.823. The van der Waals surface area contributed by atoms with Gasteiger partial charge in [0.25, 0.3) is 0 Å². The van der Waals surface area contributed by atoms with E-state index in [1.165, 1.54) is 5.57 Å². The van der Waals surface area contributed by atoms with Gasteiger partial charge in [-0.05, 0) is 31.7 Å². The number of carbonyl (C=O) groups excluding carboxylic acids is 1. The fraction of sp³-hybridized carbons (Fsp3) is 0.533. The summed E-state index contributed by atoms with van der Waals surface area (Å²) in [6.45, 7) is 16.2. The summed E-state index contributed by atoms with van der Waals surface area (Å²) >= 11 is 0. The Morgan fingerprint density at radius 2 is 1.92 bits per heavy atom. The number of rotatable bonds is 6. The fourth-order valence-electron chi connectivity index (χ4n) is 5.17. The number of nitrogens with zero attached hydrogens (tertiary/aromatic N) is 2. The van der Waals surface area contributed by atoms with E-state index >= 15 is 0 Å². The highest BCUT2D eigenvalue weighted by molar-refractivity contribution is 5.89. The van der Waals surface area contributed by atoms with E-state index in [1.54, 1.807) is 19.2 Å². The minimum Gasteiger partial charge on any atom is -0.493 e. The number of hydrogen-bond acceptors (Lipinski definition) is 6. The maximum Gasteiger partial charge on any atom is 0.343 e. The van der Waals surface area contributed by atoms with E-state index in [0.717, 1.165) is 53.6 Å². The molecule has 1 aromatic carbocycles. The van der Waals surface area contributed by atoms with Crippen molar-refractivity contribution in [1.82, 2.24) is 14.8 Å². The first-order valence-corrected chi connectivity index (χ1v) is 13.4. The minimum atomic E-state index is -0.576. The SMILES string of the molecule is CCOC(=O)c1cn2c(cc1=O)/C(=c1\cccc(OCC3CNC3)\c1=C(/C)CC)N(C)CC2C(C)(C)C. The van der Waals surface area contributed by atoms with Gasteiger partial charge in [-0.1, -0.05) is 45.4 Å². The molecule has 0 amide bonds. The van der Waals surface area contributed by atoms with Gasteiger partial charge in [0.2, 0.25) is 0 Å². The Labute approximate surface area is 219 Å². The molecule has 2 aliphatic heterocycles. The van der Waals surface area contributed by atoms with E-state index in [4.69, 9.17) is 9.47 Å². The van der Waals surface area contributed by atoms with Crippen LogP contribution in [0.1, 0.15) is 70.1 Å². The third-order valence-corrected chi connectivity index (χ3v) is 7.56. The van der Waals surface area contributed by atoms with Crippen LogP contribution in [0, 0.1) is 11.3 Å². The zero-order chi connectivity index (χ0) is 26.9. The smallest absolute Gasteiger partial charge is 0.343 e. The Morgan fingerprint density at radius 1 is 1.19 bits per heavy atom. The summed E-state index contributed by atoms with van der Waals surface area (Å²) in [5, 5.41) is 5.43. The average Bonchev–Trinajstić information content (AvgIpc) is 2.81. The van der Waals surface area contributed by atoms with Crippen molar-refractivity contribution in [3.63, 3.8) is 0 Å². The number of benzene rings is 1. The van der Waals surface area contributed by atoms with Gasteiger partial charge in [-0.25, -0.2) is 4.79 Å². The summed E-state index contributed by atoms with van der Waals surface area (Å²) in [7, 11) is 2.08. The van der Waals surface area contributed by atoms with E-state index in [1.807, 2.05) is 12.1 Å². The second-order valence-electron chi connectivity index (χ2n) is 11.3. The lowest BCUT2D eigenvalue weighted by atomic mass is 9.84. The highest BCUT2D eigenvalue weighted by Gasteiger charge is 2.35. The molecular weight excluding hydrogens is 466 g/mol. The quantitative estimate of drug-likeness (QED) is 0.607. The molecule has 1 unspecified atom stereocenters. The molecule has 1 aromatic heterocycles. The predicted molar refractivity (Wildman–Crippen MR) is 147 cm³/mol. The number of ether oxygens (including phenoxy) is 2. The Balaban J connectivity index is 2.02. The van der Waals surface area contributed by atoms with E-state index in [2.05, 4.69) is 62.5 Å². The average molecular weight is 508 g/mol. The topological polar surface area (TPSA) is 72.8 Å². The molecule has 4 rings (SSSR count). The number of esters is 1. The van der Waals surface area contributed by atoms with Crippen LogP contribution in [0.4, 0.5) is 0 Å². The third-order valence-electron chi connectivity index (χ3n) is 7.56. The lowest BCUT2D eigenvalue weighted by molar-refractivity contribution is 0.0522. The van der Waals surface area contributed by atoms with Gasteiger partial charge >= 0.3 is 5.97 Å². The fourth-order valence-corrected chi connectivity index (χ4v) is 5.17. The van der Waals surface area contributed by atoms with Crippen molar-refractivity contribution in [2.75, 3.05) is 39.9 Å². The Morgan fingerprint density at radius 3 is 2.51 bits per heavy atom. The zero-order valence-electron chi connectivity index (χ0n) is 23.3. The Hall–Kier alpha value is -3.06. The summed E-state index contributed by atoms with van der Waals surface area (Å²) in [6.07, 6.45) is 2.59. The molecule has 0 spiro atoms. The first kappa shape index (κ1) is 27.0. The molecule has 0 aliphatic carbocycles. The molecule has 200 valence electrons. The van der Waals surface area contributed by atoms with Crippen LogP contribution < -0.4 is 25.9 Å². The summed E-state index contributed by atoms with van der Waals surface area (Å²) in [4.78, 5) is 28.1. The molecule has 1 N–H and O–H groups in total. The zero-order valence-corrected chi connectivity index (χ0v) is 23.3.